The maximum Gasteiger partial charge on any atom is 0.0842 e. The van der Waals surface area contributed by atoms with Crippen molar-refractivity contribution < 1.29 is 0 Å². The largest absolute Gasteiger partial charge is 0.317 e. The fourth-order valence-corrected chi connectivity index (χ4v) is 1.19. The molecule has 12 heavy (non-hydrogen) atoms. The molecule has 1 N–H and O–H groups in total. The highest BCUT2D eigenvalue weighted by Gasteiger charge is 2.06. The van der Waals surface area contributed by atoms with Crippen molar-refractivity contribution in [2.24, 2.45) is 7.05 Å². The first-order valence-electron chi connectivity index (χ1n) is 4.28. The van der Waals surface area contributed by atoms with Crippen molar-refractivity contribution in [1.82, 2.24) is 20.3 Å². The van der Waals surface area contributed by atoms with E-state index in [1.165, 1.54) is 0 Å². The summed E-state index contributed by atoms with van der Waals surface area (Å²) in [6, 6.07) is 0.515. The SMILES string of the molecule is CCC(Cc1cn(C)nn1)NC. The topological polar surface area (TPSA) is 42.7 Å². The first-order chi connectivity index (χ1) is 5.76. The van der Waals surface area contributed by atoms with Gasteiger partial charge in [0.05, 0.1) is 5.69 Å². The molecule has 0 saturated carbocycles. The lowest BCUT2D eigenvalue weighted by molar-refractivity contribution is 0.537. The number of aryl methyl sites for hydroxylation is 1. The van der Waals surface area contributed by atoms with Gasteiger partial charge < -0.3 is 5.32 Å². The van der Waals surface area contributed by atoms with Gasteiger partial charge in [-0.1, -0.05) is 12.1 Å². The zero-order valence-electron chi connectivity index (χ0n) is 7.91. The van der Waals surface area contributed by atoms with Crippen molar-refractivity contribution in [3.63, 3.8) is 0 Å². The van der Waals surface area contributed by atoms with Gasteiger partial charge in [0.2, 0.25) is 0 Å². The van der Waals surface area contributed by atoms with Crippen molar-refractivity contribution in [2.45, 2.75) is 25.8 Å². The molecule has 0 aliphatic carbocycles. The summed E-state index contributed by atoms with van der Waals surface area (Å²) in [6.45, 7) is 2.16. The molecule has 0 aliphatic heterocycles. The van der Waals surface area contributed by atoms with Crippen molar-refractivity contribution in [3.05, 3.63) is 11.9 Å². The Morgan fingerprint density at radius 2 is 2.42 bits per heavy atom. The summed E-state index contributed by atoms with van der Waals surface area (Å²) in [5.74, 6) is 0. The first kappa shape index (κ1) is 9.19. The van der Waals surface area contributed by atoms with Crippen LogP contribution in [0.1, 0.15) is 19.0 Å². The van der Waals surface area contributed by atoms with Crippen LogP contribution in [0.5, 0.6) is 0 Å². The predicted octanol–water partition coefficient (Wildman–Crippen LogP) is 0.356. The third-order valence-corrected chi connectivity index (χ3v) is 2.01. The molecule has 1 unspecified atom stereocenters. The van der Waals surface area contributed by atoms with E-state index < -0.39 is 0 Å². The smallest absolute Gasteiger partial charge is 0.0842 e. The predicted molar refractivity (Wildman–Crippen MR) is 47.8 cm³/mol. The number of rotatable bonds is 4. The van der Waals surface area contributed by atoms with Crippen LogP contribution in [0, 0.1) is 0 Å². The molecule has 0 radical (unpaired) electrons. The monoisotopic (exact) mass is 168 g/mol. The van der Waals surface area contributed by atoms with E-state index in [2.05, 4.69) is 22.6 Å². The van der Waals surface area contributed by atoms with Gasteiger partial charge in [0.1, 0.15) is 0 Å². The number of hydrogen-bond acceptors (Lipinski definition) is 3. The normalized spacial score (nSPS) is 13.2. The Bertz CT molecular complexity index is 227. The molecule has 0 aliphatic rings. The third kappa shape index (κ3) is 2.30. The minimum Gasteiger partial charge on any atom is -0.317 e. The maximum absolute atomic E-state index is 4.02. The van der Waals surface area contributed by atoms with Gasteiger partial charge in [0, 0.05) is 25.7 Å². The highest BCUT2D eigenvalue weighted by atomic mass is 15.4. The van der Waals surface area contributed by atoms with E-state index >= 15 is 0 Å². The summed E-state index contributed by atoms with van der Waals surface area (Å²) in [7, 11) is 3.86. The van der Waals surface area contributed by atoms with Gasteiger partial charge in [-0.2, -0.15) is 0 Å². The number of nitrogens with one attached hydrogen (secondary N) is 1. The Balaban J connectivity index is 2.50. The molecule has 0 aromatic carbocycles. The molecule has 1 rings (SSSR count). The zero-order valence-corrected chi connectivity index (χ0v) is 7.91. The second-order valence-electron chi connectivity index (χ2n) is 2.98. The van der Waals surface area contributed by atoms with E-state index in [9.17, 15) is 0 Å². The first-order valence-corrected chi connectivity index (χ1v) is 4.28. The maximum atomic E-state index is 4.02. The molecule has 0 bridgehead atoms. The van der Waals surface area contributed by atoms with Crippen LogP contribution in [0.3, 0.4) is 0 Å². The fraction of sp³-hybridized carbons (Fsp3) is 0.750. The second kappa shape index (κ2) is 4.21. The van der Waals surface area contributed by atoms with E-state index in [-0.39, 0.29) is 0 Å². The van der Waals surface area contributed by atoms with Gasteiger partial charge in [-0.25, -0.2) is 0 Å². The van der Waals surface area contributed by atoms with Crippen LogP contribution in [-0.4, -0.2) is 28.1 Å². The third-order valence-electron chi connectivity index (χ3n) is 2.01. The summed E-state index contributed by atoms with van der Waals surface area (Å²) in [5.41, 5.74) is 1.05. The van der Waals surface area contributed by atoms with Crippen LogP contribution in [0.2, 0.25) is 0 Å². The van der Waals surface area contributed by atoms with Crippen molar-refractivity contribution in [2.75, 3.05) is 7.05 Å². The van der Waals surface area contributed by atoms with E-state index in [1.807, 2.05) is 20.3 Å². The average molecular weight is 168 g/mol. The molecule has 0 saturated heterocycles. The zero-order chi connectivity index (χ0) is 8.97. The number of nitrogens with zero attached hydrogens (tertiary/aromatic N) is 3. The van der Waals surface area contributed by atoms with Gasteiger partial charge >= 0.3 is 0 Å². The van der Waals surface area contributed by atoms with Crippen molar-refractivity contribution >= 4 is 0 Å². The van der Waals surface area contributed by atoms with Crippen LogP contribution < -0.4 is 5.32 Å². The van der Waals surface area contributed by atoms with Crippen LogP contribution in [0.15, 0.2) is 6.20 Å². The van der Waals surface area contributed by atoms with Gasteiger partial charge in [-0.05, 0) is 13.5 Å². The highest BCUT2D eigenvalue weighted by Crippen LogP contribution is 2.00. The molecule has 68 valence electrons. The van der Waals surface area contributed by atoms with Gasteiger partial charge in [-0.3, -0.25) is 4.68 Å². The number of hydrogen-bond donors (Lipinski definition) is 1. The molecular formula is C8H16N4. The number of likely N-dealkylation sites (N-methyl/N-ethyl adjacent to an activating group) is 1. The molecule has 1 aromatic heterocycles. The molecule has 0 fully saturated rings. The lowest BCUT2D eigenvalue weighted by Gasteiger charge is -2.10. The van der Waals surface area contributed by atoms with Crippen LogP contribution >= 0.6 is 0 Å². The van der Waals surface area contributed by atoms with Crippen LogP contribution in [0.4, 0.5) is 0 Å². The summed E-state index contributed by atoms with van der Waals surface area (Å²) in [5, 5.41) is 11.1. The molecule has 1 aromatic rings. The van der Waals surface area contributed by atoms with Gasteiger partial charge in [0.15, 0.2) is 0 Å². The molecule has 4 heteroatoms. The fourth-order valence-electron chi connectivity index (χ4n) is 1.19. The Kier molecular flexibility index (Phi) is 3.22. The Hall–Kier alpha value is -0.900. The molecule has 1 heterocycles. The summed E-state index contributed by atoms with van der Waals surface area (Å²) in [6.07, 6.45) is 4.04. The minimum atomic E-state index is 0.515. The second-order valence-corrected chi connectivity index (χ2v) is 2.98. The standard InChI is InChI=1S/C8H16N4/c1-4-7(9-2)5-8-6-12(3)11-10-8/h6-7,9H,4-5H2,1-3H3. The Morgan fingerprint density at radius 3 is 2.83 bits per heavy atom. The van der Waals surface area contributed by atoms with E-state index in [0.29, 0.717) is 6.04 Å². The summed E-state index contributed by atoms with van der Waals surface area (Å²) >= 11 is 0. The van der Waals surface area contributed by atoms with E-state index in [0.717, 1.165) is 18.5 Å². The van der Waals surface area contributed by atoms with Gasteiger partial charge in [0.25, 0.3) is 0 Å². The van der Waals surface area contributed by atoms with Crippen LogP contribution in [-0.2, 0) is 13.5 Å². The Morgan fingerprint density at radius 1 is 1.67 bits per heavy atom. The van der Waals surface area contributed by atoms with Crippen LogP contribution in [0.25, 0.3) is 0 Å². The lowest BCUT2D eigenvalue weighted by Crippen LogP contribution is -2.26. The minimum absolute atomic E-state index is 0.515. The quantitative estimate of drug-likeness (QED) is 0.705. The summed E-state index contributed by atoms with van der Waals surface area (Å²) < 4.78 is 1.73. The van der Waals surface area contributed by atoms with Crippen molar-refractivity contribution in [1.29, 1.82) is 0 Å². The van der Waals surface area contributed by atoms with E-state index in [1.54, 1.807) is 4.68 Å². The average Bonchev–Trinajstić information content (AvgIpc) is 2.47. The highest BCUT2D eigenvalue weighted by molar-refractivity contribution is 4.95. The molecule has 4 nitrogen and oxygen atoms in total. The number of aromatic nitrogens is 3. The molecule has 0 amide bonds. The van der Waals surface area contributed by atoms with Gasteiger partial charge in [-0.15, -0.1) is 5.10 Å². The molecule has 1 atom stereocenters. The summed E-state index contributed by atoms with van der Waals surface area (Å²) in [4.78, 5) is 0. The molecular weight excluding hydrogens is 152 g/mol. The Labute approximate surface area is 73.0 Å². The lowest BCUT2D eigenvalue weighted by atomic mass is 10.1. The van der Waals surface area contributed by atoms with E-state index in [4.69, 9.17) is 0 Å². The molecule has 0 spiro atoms. The van der Waals surface area contributed by atoms with Crippen molar-refractivity contribution in [3.8, 4) is 0 Å².